The monoisotopic (exact) mass is 292 g/mol. The second kappa shape index (κ2) is 9.24. The van der Waals surface area contributed by atoms with Crippen molar-refractivity contribution in [1.82, 2.24) is 0 Å². The van der Waals surface area contributed by atoms with Gasteiger partial charge in [-0.15, -0.1) is 12.4 Å². The van der Waals surface area contributed by atoms with Crippen LogP contribution in [0.5, 0.6) is 0 Å². The van der Waals surface area contributed by atoms with Crippen molar-refractivity contribution in [2.24, 2.45) is 0 Å². The number of halogens is 1. The molecule has 2 N–H and O–H groups in total. The first-order valence-electron chi connectivity index (χ1n) is 1.32. The second-order valence-corrected chi connectivity index (χ2v) is 2.90. The average molecular weight is 293 g/mol. The van der Waals surface area contributed by atoms with Gasteiger partial charge in [-0.1, -0.05) is 0 Å². The molecule has 12 heavy (non-hydrogen) atoms. The van der Waals surface area contributed by atoms with E-state index in [2.05, 4.69) is 0 Å². The van der Waals surface area contributed by atoms with E-state index in [0.717, 1.165) is 0 Å². The molecule has 72 valence electrons. The molecule has 0 heterocycles. The van der Waals surface area contributed by atoms with Gasteiger partial charge in [0, 0.05) is 0 Å². The van der Waals surface area contributed by atoms with E-state index in [0.29, 0.717) is 0 Å². The van der Waals surface area contributed by atoms with Crippen LogP contribution in [0, 0.1) is 0 Å². The molecule has 0 saturated carbocycles. The molecule has 0 bridgehead atoms. The molecule has 0 spiro atoms. The number of hydrogen-bond donors (Lipinski definition) is 2. The van der Waals surface area contributed by atoms with Gasteiger partial charge in [-0.3, -0.25) is 9.11 Å². The molecule has 0 aromatic carbocycles. The van der Waals surface area contributed by atoms with E-state index in [9.17, 15) is 0 Å². The summed E-state index contributed by atoms with van der Waals surface area (Å²) in [6.45, 7) is 0. The minimum absolute atomic E-state index is 0. The van der Waals surface area contributed by atoms with Gasteiger partial charge in [0.1, 0.15) is 0 Å². The summed E-state index contributed by atoms with van der Waals surface area (Å²) in [5, 5.41) is 0. The first-order chi connectivity index (χ1) is 4.00. The molecule has 12 heteroatoms. The maximum atomic E-state index is 8.74. The van der Waals surface area contributed by atoms with Crippen LogP contribution in [-0.4, -0.2) is 17.5 Å². The van der Waals surface area contributed by atoms with Crippen molar-refractivity contribution >= 4 is 22.8 Å². The average Bonchev–Trinajstić information content (AvgIpc) is 1.12. The summed E-state index contributed by atoms with van der Waals surface area (Å²) in [7, 11) is -4.67. The normalized spacial score (nSPS) is 9.58. The quantitative estimate of drug-likeness (QED) is 0.334. The standard InChI is InChI=1S/ClH.K.Mn.H2O4S.4O/c;;;1-5(2,3)4;;;;/h1H;;;(H2,1,2,3,4);;;;/q;+1;;;;;;-1. The molecule has 0 unspecified atom stereocenters. The Hall–Kier alpha value is 1.68. The zero-order chi connectivity index (χ0) is 9.00. The molecule has 0 radical (unpaired) electrons. The van der Waals surface area contributed by atoms with E-state index in [1.54, 1.807) is 0 Å². The molecule has 0 atom stereocenters. The first-order valence-corrected chi connectivity index (χ1v) is 4.64. The number of hydrogen-bond acceptors (Lipinski definition) is 6. The third kappa shape index (κ3) is 474. The molecular formula is H3ClKMnO8S. The fraction of sp³-hybridized carbons (Fsp3) is 0. The predicted molar refractivity (Wildman–Crippen MR) is 23.5 cm³/mol. The summed E-state index contributed by atoms with van der Waals surface area (Å²) in [6.07, 6.45) is 0. The van der Waals surface area contributed by atoms with E-state index < -0.39 is 23.4 Å². The summed E-state index contributed by atoms with van der Waals surface area (Å²) in [4.78, 5) is 0. The van der Waals surface area contributed by atoms with E-state index in [-0.39, 0.29) is 63.8 Å². The molecule has 0 aliphatic carbocycles. The van der Waals surface area contributed by atoms with Gasteiger partial charge in [0.15, 0.2) is 0 Å². The fourth-order valence-corrected chi connectivity index (χ4v) is 0. The van der Waals surface area contributed by atoms with E-state index in [4.69, 9.17) is 33.2 Å². The third-order valence-electron chi connectivity index (χ3n) is 0. The zero-order valence-electron chi connectivity index (χ0n) is 5.54. The maximum absolute atomic E-state index is 8.74. The predicted octanol–water partition coefficient (Wildman–Crippen LogP) is -4.77. The molecule has 0 aromatic heterocycles. The van der Waals surface area contributed by atoms with Crippen LogP contribution in [0.1, 0.15) is 0 Å². The van der Waals surface area contributed by atoms with Crippen molar-refractivity contribution in [3.8, 4) is 0 Å². The Morgan fingerprint density at radius 3 is 1.08 bits per heavy atom. The van der Waals surface area contributed by atoms with Crippen LogP contribution < -0.4 is 55.6 Å². The van der Waals surface area contributed by atoms with Crippen LogP contribution in [0.25, 0.3) is 0 Å². The van der Waals surface area contributed by atoms with E-state index >= 15 is 0 Å². The Morgan fingerprint density at radius 1 is 1.08 bits per heavy atom. The summed E-state index contributed by atoms with van der Waals surface area (Å²) >= 11 is -5.62. The SMILES string of the molecule is Cl.O=S(=O)(O)O.[K+].[O]=[Mn](=[O])(=[O])[O-]. The zero-order valence-corrected chi connectivity index (χ0v) is 11.5. The summed E-state index contributed by atoms with van der Waals surface area (Å²) in [5.41, 5.74) is 0. The van der Waals surface area contributed by atoms with Crippen molar-refractivity contribution in [2.45, 2.75) is 0 Å². The summed E-state index contributed by atoms with van der Waals surface area (Å²) < 4.78 is 65.9. The fourth-order valence-electron chi connectivity index (χ4n) is 0. The molecule has 0 aliphatic rings. The van der Waals surface area contributed by atoms with Gasteiger partial charge < -0.3 is 0 Å². The molecular weight excluding hydrogens is 290 g/mol. The first kappa shape index (κ1) is 23.5. The molecule has 0 rings (SSSR count). The summed E-state index contributed by atoms with van der Waals surface area (Å²) in [6, 6.07) is 0. The van der Waals surface area contributed by atoms with Gasteiger partial charge in [-0.25, -0.2) is 0 Å². The van der Waals surface area contributed by atoms with E-state index in [1.165, 1.54) is 0 Å². The Bertz CT molecular complexity index is 294. The van der Waals surface area contributed by atoms with Gasteiger partial charge in [0.05, 0.1) is 0 Å². The van der Waals surface area contributed by atoms with Crippen molar-refractivity contribution in [2.75, 3.05) is 0 Å². The van der Waals surface area contributed by atoms with Crippen molar-refractivity contribution in [3.05, 3.63) is 0 Å². The Kier molecular flexibility index (Phi) is 18.1. The van der Waals surface area contributed by atoms with Crippen LogP contribution >= 0.6 is 12.4 Å². The Morgan fingerprint density at radius 2 is 1.08 bits per heavy atom. The van der Waals surface area contributed by atoms with Crippen molar-refractivity contribution in [3.63, 3.8) is 0 Å². The van der Waals surface area contributed by atoms with Gasteiger partial charge >= 0.3 is 90.4 Å². The van der Waals surface area contributed by atoms with Gasteiger partial charge in [0.25, 0.3) is 0 Å². The van der Waals surface area contributed by atoms with Gasteiger partial charge in [-0.2, -0.15) is 8.42 Å². The molecule has 0 aromatic rings. The topological polar surface area (TPSA) is 149 Å². The van der Waals surface area contributed by atoms with Crippen molar-refractivity contribution in [1.29, 1.82) is 0 Å². The van der Waals surface area contributed by atoms with Crippen LogP contribution in [-0.2, 0) is 34.9 Å². The van der Waals surface area contributed by atoms with Crippen molar-refractivity contribution < 1.29 is 97.6 Å². The Balaban J connectivity index is -0.0000000457. The molecule has 0 amide bonds. The van der Waals surface area contributed by atoms with Crippen LogP contribution in [0.2, 0.25) is 0 Å². The van der Waals surface area contributed by atoms with Crippen LogP contribution in [0.15, 0.2) is 0 Å². The molecule has 0 saturated heterocycles. The minimum atomic E-state index is -5.62. The van der Waals surface area contributed by atoms with Crippen LogP contribution in [0.4, 0.5) is 0 Å². The number of rotatable bonds is 0. The van der Waals surface area contributed by atoms with E-state index in [1.807, 2.05) is 0 Å². The second-order valence-electron chi connectivity index (χ2n) is 0.826. The Labute approximate surface area is 118 Å². The molecule has 0 aliphatic heterocycles. The van der Waals surface area contributed by atoms with Gasteiger partial charge in [-0.05, 0) is 0 Å². The third-order valence-corrected chi connectivity index (χ3v) is 0. The molecule has 0 fully saturated rings. The summed E-state index contributed by atoms with van der Waals surface area (Å²) in [5.74, 6) is 0. The van der Waals surface area contributed by atoms with Gasteiger partial charge in [0.2, 0.25) is 0 Å². The molecule has 8 nitrogen and oxygen atoms in total. The van der Waals surface area contributed by atoms with Crippen LogP contribution in [0.3, 0.4) is 0 Å².